The van der Waals surface area contributed by atoms with Crippen LogP contribution in [-0.2, 0) is 0 Å². The Balaban J connectivity index is 2.40. The first kappa shape index (κ1) is 13.7. The fourth-order valence-corrected chi connectivity index (χ4v) is 2.22. The fourth-order valence-electron chi connectivity index (χ4n) is 1.72. The molecule has 0 radical (unpaired) electrons. The average Bonchev–Trinajstić information content (AvgIpc) is 2.34. The fraction of sp³-hybridized carbons (Fsp3) is 0.231. The smallest absolute Gasteiger partial charge is 0.288 e. The van der Waals surface area contributed by atoms with Crippen LogP contribution in [0.25, 0.3) is 11.3 Å². The molecular weight excluding hydrogens is 270 g/mol. The first-order valence-corrected chi connectivity index (χ1v) is 6.48. The lowest BCUT2D eigenvalue weighted by molar-refractivity contribution is 0.252. The summed E-state index contributed by atoms with van der Waals surface area (Å²) in [6.07, 6.45) is 0. The first-order valence-electron chi connectivity index (χ1n) is 5.60. The van der Waals surface area contributed by atoms with Crippen molar-refractivity contribution >= 4 is 11.8 Å². The summed E-state index contributed by atoms with van der Waals surface area (Å²) < 4.78 is 24.4. The van der Waals surface area contributed by atoms with Gasteiger partial charge < -0.3 is 4.98 Å². The second-order valence-electron chi connectivity index (χ2n) is 4.03. The molecule has 0 aliphatic carbocycles. The molecule has 0 saturated heterocycles. The molecule has 0 unspecified atom stereocenters. The van der Waals surface area contributed by atoms with Crippen LogP contribution in [0.15, 0.2) is 34.0 Å². The van der Waals surface area contributed by atoms with Crippen molar-refractivity contribution in [1.29, 1.82) is 0 Å². The number of benzene rings is 1. The third kappa shape index (κ3) is 3.20. The van der Waals surface area contributed by atoms with Gasteiger partial charge in [-0.05, 0) is 26.0 Å². The molecule has 0 spiro atoms. The molecule has 0 fully saturated rings. The van der Waals surface area contributed by atoms with Crippen molar-refractivity contribution in [3.05, 3.63) is 46.0 Å². The molecule has 19 heavy (non-hydrogen) atoms. The lowest BCUT2D eigenvalue weighted by Gasteiger charge is -2.06. The number of nitrogens with zero attached hydrogens (tertiary/aromatic N) is 1. The highest BCUT2D eigenvalue weighted by molar-refractivity contribution is 7.99. The van der Waals surface area contributed by atoms with Crippen LogP contribution in [0.1, 0.15) is 11.4 Å². The van der Waals surface area contributed by atoms with Crippen molar-refractivity contribution in [2.45, 2.75) is 24.5 Å². The van der Waals surface area contributed by atoms with Gasteiger partial charge in [-0.25, -0.2) is 4.98 Å². The van der Waals surface area contributed by atoms with Gasteiger partial charge in [-0.1, -0.05) is 23.9 Å². The zero-order chi connectivity index (χ0) is 14.0. The summed E-state index contributed by atoms with van der Waals surface area (Å²) in [5, 5.41) is 0. The highest BCUT2D eigenvalue weighted by Crippen LogP contribution is 2.27. The van der Waals surface area contributed by atoms with Crippen LogP contribution in [0.2, 0.25) is 0 Å². The van der Waals surface area contributed by atoms with Gasteiger partial charge in [0.15, 0.2) is 0 Å². The molecule has 100 valence electrons. The Morgan fingerprint density at radius 2 is 1.84 bits per heavy atom. The number of hydrogen-bond donors (Lipinski definition) is 1. The molecular formula is C13H12F2N2OS. The van der Waals surface area contributed by atoms with Crippen molar-refractivity contribution in [2.75, 3.05) is 0 Å². The number of aromatic nitrogens is 2. The number of alkyl halides is 2. The van der Waals surface area contributed by atoms with E-state index in [-0.39, 0.29) is 5.56 Å². The largest absolute Gasteiger partial charge is 0.311 e. The van der Waals surface area contributed by atoms with Gasteiger partial charge >= 0.3 is 0 Å². The summed E-state index contributed by atoms with van der Waals surface area (Å²) in [7, 11) is 0. The highest BCUT2D eigenvalue weighted by Gasteiger charge is 2.09. The van der Waals surface area contributed by atoms with E-state index >= 15 is 0 Å². The normalized spacial score (nSPS) is 11.0. The Kier molecular flexibility index (Phi) is 3.99. The number of H-pyrrole nitrogens is 1. The van der Waals surface area contributed by atoms with E-state index in [4.69, 9.17) is 0 Å². The van der Waals surface area contributed by atoms with Crippen molar-refractivity contribution in [2.24, 2.45) is 0 Å². The van der Waals surface area contributed by atoms with Gasteiger partial charge in [0, 0.05) is 16.0 Å². The summed E-state index contributed by atoms with van der Waals surface area (Å²) in [5.41, 5.74) is 1.65. The van der Waals surface area contributed by atoms with Gasteiger partial charge in [-0.2, -0.15) is 8.78 Å². The minimum atomic E-state index is -2.44. The molecule has 0 saturated carbocycles. The molecule has 1 aromatic heterocycles. The third-order valence-electron chi connectivity index (χ3n) is 2.62. The molecule has 6 heteroatoms. The number of aromatic amines is 1. The standard InChI is InChI=1S/C13H12F2N2OS/c1-7-11(16-8(2)17-12(7)18)9-3-5-10(6-4-9)19-13(14)15/h3-6,13H,1-2H3,(H,16,17,18). The molecule has 0 aliphatic rings. The number of rotatable bonds is 3. The molecule has 3 nitrogen and oxygen atoms in total. The predicted octanol–water partition coefficient (Wildman–Crippen LogP) is 3.37. The monoisotopic (exact) mass is 282 g/mol. The zero-order valence-corrected chi connectivity index (χ0v) is 11.2. The van der Waals surface area contributed by atoms with Crippen LogP contribution in [0.4, 0.5) is 8.78 Å². The summed E-state index contributed by atoms with van der Waals surface area (Å²) in [6, 6.07) is 6.59. The molecule has 2 aromatic rings. The maximum atomic E-state index is 12.2. The Bertz CT molecular complexity index is 638. The van der Waals surface area contributed by atoms with Crippen LogP contribution < -0.4 is 5.56 Å². The van der Waals surface area contributed by atoms with Crippen LogP contribution in [0.5, 0.6) is 0 Å². The Morgan fingerprint density at radius 3 is 2.42 bits per heavy atom. The summed E-state index contributed by atoms with van der Waals surface area (Å²) in [5.74, 6) is -1.91. The number of thioether (sulfide) groups is 1. The van der Waals surface area contributed by atoms with E-state index in [1.165, 1.54) is 0 Å². The van der Waals surface area contributed by atoms with E-state index in [1.54, 1.807) is 38.1 Å². The average molecular weight is 282 g/mol. The minimum Gasteiger partial charge on any atom is -0.311 e. The molecule has 0 aliphatic heterocycles. The van der Waals surface area contributed by atoms with Gasteiger partial charge in [-0.3, -0.25) is 4.79 Å². The van der Waals surface area contributed by atoms with E-state index in [1.807, 2.05) is 0 Å². The summed E-state index contributed by atoms with van der Waals surface area (Å²) >= 11 is 0.491. The Morgan fingerprint density at radius 1 is 1.21 bits per heavy atom. The molecule has 0 bridgehead atoms. The molecule has 0 amide bonds. The molecule has 1 aromatic carbocycles. The third-order valence-corrected chi connectivity index (χ3v) is 3.35. The Labute approximate surface area is 113 Å². The minimum absolute atomic E-state index is 0.187. The van der Waals surface area contributed by atoms with Crippen LogP contribution in [-0.4, -0.2) is 15.7 Å². The van der Waals surface area contributed by atoms with E-state index in [9.17, 15) is 13.6 Å². The van der Waals surface area contributed by atoms with Gasteiger partial charge in [0.1, 0.15) is 5.82 Å². The molecule has 2 rings (SSSR count). The SMILES string of the molecule is Cc1nc(-c2ccc(SC(F)F)cc2)c(C)c(=O)[nH]1. The van der Waals surface area contributed by atoms with Crippen molar-refractivity contribution < 1.29 is 8.78 Å². The predicted molar refractivity (Wildman–Crippen MR) is 71.6 cm³/mol. The van der Waals surface area contributed by atoms with E-state index in [0.29, 0.717) is 33.7 Å². The second kappa shape index (κ2) is 5.52. The zero-order valence-electron chi connectivity index (χ0n) is 10.4. The quantitative estimate of drug-likeness (QED) is 0.878. The van der Waals surface area contributed by atoms with E-state index < -0.39 is 5.76 Å². The molecule has 1 N–H and O–H groups in total. The van der Waals surface area contributed by atoms with Gasteiger partial charge in [0.25, 0.3) is 11.3 Å². The van der Waals surface area contributed by atoms with Gasteiger partial charge in [-0.15, -0.1) is 0 Å². The first-order chi connectivity index (χ1) is 8.97. The van der Waals surface area contributed by atoms with Gasteiger partial charge in [0.05, 0.1) is 5.69 Å². The number of halogens is 2. The topological polar surface area (TPSA) is 45.8 Å². The van der Waals surface area contributed by atoms with E-state index in [0.717, 1.165) is 5.56 Å². The van der Waals surface area contributed by atoms with Crippen LogP contribution in [0.3, 0.4) is 0 Å². The van der Waals surface area contributed by atoms with Gasteiger partial charge in [0.2, 0.25) is 0 Å². The maximum Gasteiger partial charge on any atom is 0.288 e. The van der Waals surface area contributed by atoms with Crippen molar-refractivity contribution in [3.8, 4) is 11.3 Å². The van der Waals surface area contributed by atoms with Crippen LogP contribution in [0, 0.1) is 13.8 Å². The molecule has 1 heterocycles. The lowest BCUT2D eigenvalue weighted by atomic mass is 10.1. The summed E-state index contributed by atoms with van der Waals surface area (Å²) in [6.45, 7) is 3.38. The van der Waals surface area contributed by atoms with Crippen molar-refractivity contribution in [3.63, 3.8) is 0 Å². The van der Waals surface area contributed by atoms with Crippen LogP contribution >= 0.6 is 11.8 Å². The number of nitrogens with one attached hydrogen (secondary N) is 1. The highest BCUT2D eigenvalue weighted by atomic mass is 32.2. The number of aryl methyl sites for hydroxylation is 1. The lowest BCUT2D eigenvalue weighted by Crippen LogP contribution is -2.14. The molecule has 0 atom stereocenters. The summed E-state index contributed by atoms with van der Waals surface area (Å²) in [4.78, 5) is 19.0. The van der Waals surface area contributed by atoms with Crippen molar-refractivity contribution in [1.82, 2.24) is 9.97 Å². The van der Waals surface area contributed by atoms with E-state index in [2.05, 4.69) is 9.97 Å². The number of hydrogen-bond acceptors (Lipinski definition) is 3. The maximum absolute atomic E-state index is 12.2. The second-order valence-corrected chi connectivity index (χ2v) is 5.09. The Hall–Kier alpha value is -1.69.